The minimum atomic E-state index is -0.408. The van der Waals surface area contributed by atoms with E-state index >= 15 is 0 Å². The van der Waals surface area contributed by atoms with Gasteiger partial charge >= 0.3 is 0 Å². The van der Waals surface area contributed by atoms with Crippen LogP contribution in [0.3, 0.4) is 0 Å². The largest absolute Gasteiger partial charge is 0.497 e. The number of nitrogens with zero attached hydrogens (tertiary/aromatic N) is 1. The second-order valence-corrected chi connectivity index (χ2v) is 11.6. The number of ketones is 2. The highest BCUT2D eigenvalue weighted by Crippen LogP contribution is 2.55. The molecule has 2 aliphatic carbocycles. The second-order valence-electron chi connectivity index (χ2n) is 11.6. The highest BCUT2D eigenvalue weighted by Gasteiger charge is 2.49. The lowest BCUT2D eigenvalue weighted by atomic mass is 9.63. The van der Waals surface area contributed by atoms with Crippen molar-refractivity contribution >= 4 is 17.3 Å². The molecule has 0 N–H and O–H groups in total. The van der Waals surface area contributed by atoms with Crippen molar-refractivity contribution in [3.63, 3.8) is 0 Å². The third kappa shape index (κ3) is 4.11. The van der Waals surface area contributed by atoms with E-state index in [4.69, 9.17) is 4.74 Å². The van der Waals surface area contributed by atoms with E-state index in [0.29, 0.717) is 36.8 Å². The fourth-order valence-corrected chi connectivity index (χ4v) is 6.00. The first-order chi connectivity index (χ1) is 16.5. The maximum Gasteiger partial charge on any atom is 0.162 e. The molecule has 0 amide bonds. The molecule has 182 valence electrons. The van der Waals surface area contributed by atoms with Crippen LogP contribution >= 0.6 is 0 Å². The molecule has 35 heavy (non-hydrogen) atoms. The van der Waals surface area contributed by atoms with Crippen LogP contribution in [-0.2, 0) is 9.59 Å². The summed E-state index contributed by atoms with van der Waals surface area (Å²) in [4.78, 5) is 29.7. The van der Waals surface area contributed by atoms with Crippen LogP contribution < -0.4 is 9.64 Å². The van der Waals surface area contributed by atoms with Gasteiger partial charge in [-0.25, -0.2) is 4.39 Å². The SMILES string of the molecule is COc1ccc(C2C3=C(CC(C)(C)CC3=O)N(c3ccc(F)cc3)C3=C2C(=O)CC(C)(C)C3)cc1. The molecule has 0 aromatic heterocycles. The second kappa shape index (κ2) is 8.18. The lowest BCUT2D eigenvalue weighted by Gasteiger charge is -2.49. The summed E-state index contributed by atoms with van der Waals surface area (Å²) in [5, 5.41) is 0. The van der Waals surface area contributed by atoms with Crippen molar-refractivity contribution in [2.75, 3.05) is 12.0 Å². The molecule has 0 bridgehead atoms. The number of halogens is 1. The van der Waals surface area contributed by atoms with Gasteiger partial charge in [0.15, 0.2) is 11.6 Å². The average Bonchev–Trinajstić information content (AvgIpc) is 2.77. The molecule has 2 aromatic rings. The third-order valence-corrected chi connectivity index (χ3v) is 7.44. The van der Waals surface area contributed by atoms with Crippen LogP contribution in [-0.4, -0.2) is 18.7 Å². The Balaban J connectivity index is 1.80. The summed E-state index contributed by atoms with van der Waals surface area (Å²) in [7, 11) is 1.62. The molecule has 0 radical (unpaired) electrons. The van der Waals surface area contributed by atoms with Gasteiger partial charge in [-0.2, -0.15) is 0 Å². The number of ether oxygens (including phenoxy) is 1. The first-order valence-corrected chi connectivity index (χ1v) is 12.2. The zero-order chi connectivity index (χ0) is 25.1. The number of carbonyl (C=O) groups excluding carboxylic acids is 2. The van der Waals surface area contributed by atoms with Crippen LogP contribution in [0, 0.1) is 16.6 Å². The summed E-state index contributed by atoms with van der Waals surface area (Å²) >= 11 is 0. The van der Waals surface area contributed by atoms with Gasteiger partial charge in [-0.1, -0.05) is 39.8 Å². The Bertz CT molecular complexity index is 1210. The molecule has 4 nitrogen and oxygen atoms in total. The molecular formula is C30H32FNO3. The summed E-state index contributed by atoms with van der Waals surface area (Å²) in [6, 6.07) is 14.1. The van der Waals surface area contributed by atoms with E-state index in [2.05, 4.69) is 32.6 Å². The smallest absolute Gasteiger partial charge is 0.162 e. The summed E-state index contributed by atoms with van der Waals surface area (Å²) < 4.78 is 19.2. The zero-order valence-corrected chi connectivity index (χ0v) is 21.1. The molecule has 5 heteroatoms. The van der Waals surface area contributed by atoms with Crippen LogP contribution in [0.2, 0.25) is 0 Å². The van der Waals surface area contributed by atoms with E-state index in [0.717, 1.165) is 28.4 Å². The van der Waals surface area contributed by atoms with E-state index in [-0.39, 0.29) is 28.2 Å². The number of rotatable bonds is 3. The molecule has 1 heterocycles. The number of hydrogen-bond donors (Lipinski definition) is 0. The molecule has 5 rings (SSSR count). The van der Waals surface area contributed by atoms with E-state index in [1.54, 1.807) is 19.2 Å². The van der Waals surface area contributed by atoms with Crippen LogP contribution in [0.15, 0.2) is 71.1 Å². The molecule has 0 saturated carbocycles. The van der Waals surface area contributed by atoms with Crippen LogP contribution in [0.1, 0.15) is 64.9 Å². The monoisotopic (exact) mass is 473 g/mol. The van der Waals surface area contributed by atoms with Crippen LogP contribution in [0.5, 0.6) is 5.75 Å². The van der Waals surface area contributed by atoms with Crippen molar-refractivity contribution in [3.8, 4) is 5.75 Å². The average molecular weight is 474 g/mol. The highest BCUT2D eigenvalue weighted by molar-refractivity contribution is 6.08. The molecular weight excluding hydrogens is 441 g/mol. The fourth-order valence-electron chi connectivity index (χ4n) is 6.00. The Kier molecular flexibility index (Phi) is 5.50. The quantitative estimate of drug-likeness (QED) is 0.496. The van der Waals surface area contributed by atoms with E-state index in [1.165, 1.54) is 12.1 Å². The normalized spacial score (nSPS) is 21.7. The number of anilines is 1. The van der Waals surface area contributed by atoms with E-state index < -0.39 is 5.92 Å². The van der Waals surface area contributed by atoms with Gasteiger partial charge in [-0.3, -0.25) is 9.59 Å². The predicted octanol–water partition coefficient (Wildman–Crippen LogP) is 6.72. The van der Waals surface area contributed by atoms with Gasteiger partial charge in [0.2, 0.25) is 0 Å². The fraction of sp³-hybridized carbons (Fsp3) is 0.400. The molecule has 0 atom stereocenters. The maximum absolute atomic E-state index is 13.9. The third-order valence-electron chi connectivity index (χ3n) is 7.44. The van der Waals surface area contributed by atoms with Gasteiger partial charge in [-0.15, -0.1) is 0 Å². The summed E-state index contributed by atoms with van der Waals surface area (Å²) in [6.07, 6.45) is 2.25. The molecule has 0 spiro atoms. The first-order valence-electron chi connectivity index (χ1n) is 12.2. The summed E-state index contributed by atoms with van der Waals surface area (Å²) in [5.41, 5.74) is 4.54. The highest BCUT2D eigenvalue weighted by atomic mass is 19.1. The van der Waals surface area contributed by atoms with Crippen LogP contribution in [0.25, 0.3) is 0 Å². The molecule has 0 fully saturated rings. The number of allylic oxidation sites excluding steroid dienone is 4. The van der Waals surface area contributed by atoms with Crippen molar-refractivity contribution in [2.45, 2.75) is 59.3 Å². The number of benzene rings is 2. The Morgan fingerprint density at radius 3 is 1.71 bits per heavy atom. The predicted molar refractivity (Wildman–Crippen MR) is 135 cm³/mol. The zero-order valence-electron chi connectivity index (χ0n) is 21.1. The molecule has 1 aliphatic heterocycles. The van der Waals surface area contributed by atoms with Gasteiger partial charge in [0.1, 0.15) is 11.6 Å². The topological polar surface area (TPSA) is 46.6 Å². The summed E-state index contributed by atoms with van der Waals surface area (Å²) in [6.45, 7) is 8.44. The van der Waals surface area contributed by atoms with Crippen molar-refractivity contribution < 1.29 is 18.7 Å². The minimum Gasteiger partial charge on any atom is -0.497 e. The minimum absolute atomic E-state index is 0.0772. The van der Waals surface area contributed by atoms with Crippen molar-refractivity contribution in [1.82, 2.24) is 0 Å². The van der Waals surface area contributed by atoms with Gasteiger partial charge in [0, 0.05) is 47.0 Å². The molecule has 3 aliphatic rings. The van der Waals surface area contributed by atoms with Gasteiger partial charge < -0.3 is 9.64 Å². The van der Waals surface area contributed by atoms with Crippen molar-refractivity contribution in [1.29, 1.82) is 0 Å². The lowest BCUT2D eigenvalue weighted by molar-refractivity contribution is -0.119. The lowest BCUT2D eigenvalue weighted by Crippen LogP contribution is -2.44. The van der Waals surface area contributed by atoms with Gasteiger partial charge in [-0.05, 0) is 65.6 Å². The first kappa shape index (κ1) is 23.5. The maximum atomic E-state index is 13.9. The van der Waals surface area contributed by atoms with Crippen molar-refractivity contribution in [3.05, 3.63) is 82.5 Å². The van der Waals surface area contributed by atoms with Crippen molar-refractivity contribution in [2.24, 2.45) is 10.8 Å². The molecule has 2 aromatic carbocycles. The Hall–Kier alpha value is -3.21. The Morgan fingerprint density at radius 2 is 1.26 bits per heavy atom. The number of methoxy groups -OCH3 is 1. The number of Topliss-reactive ketones (excluding diaryl/α,β-unsaturated/α-hetero) is 2. The Labute approximate surface area is 206 Å². The number of hydrogen-bond acceptors (Lipinski definition) is 4. The van der Waals surface area contributed by atoms with Crippen LogP contribution in [0.4, 0.5) is 10.1 Å². The molecule has 0 saturated heterocycles. The van der Waals surface area contributed by atoms with Gasteiger partial charge in [0.05, 0.1) is 7.11 Å². The van der Waals surface area contributed by atoms with E-state index in [9.17, 15) is 14.0 Å². The van der Waals surface area contributed by atoms with Gasteiger partial charge in [0.25, 0.3) is 0 Å². The Morgan fingerprint density at radius 1 is 0.771 bits per heavy atom. The standard InChI is InChI=1S/C30H32FNO3/c1-29(2)14-22-27(24(33)16-29)26(18-6-12-21(35-5)13-7-18)28-23(15-30(3,4)17-25(28)34)32(22)20-10-8-19(31)9-11-20/h6-13,26H,14-17H2,1-5H3. The molecule has 0 unspecified atom stereocenters. The number of carbonyl (C=O) groups is 2. The van der Waals surface area contributed by atoms with E-state index in [1.807, 2.05) is 24.3 Å². The summed E-state index contributed by atoms with van der Waals surface area (Å²) in [5.74, 6) is 0.162.